The van der Waals surface area contributed by atoms with Crippen LogP contribution in [0.15, 0.2) is 54.7 Å². The molecule has 0 saturated carbocycles. The highest BCUT2D eigenvalue weighted by atomic mass is 35.5. The molecule has 158 valence electrons. The summed E-state index contributed by atoms with van der Waals surface area (Å²) in [4.78, 5) is 31.0. The van der Waals surface area contributed by atoms with E-state index in [0.717, 1.165) is 6.54 Å². The monoisotopic (exact) mass is 429 g/mol. The summed E-state index contributed by atoms with van der Waals surface area (Å²) >= 11 is 0. The first-order valence-electron chi connectivity index (χ1n) is 9.14. The molecule has 8 heteroatoms. The third-order valence-electron chi connectivity index (χ3n) is 4.35. The predicted molar refractivity (Wildman–Crippen MR) is 119 cm³/mol. The molecule has 1 N–H and O–H groups in total. The SMILES string of the molecule is COC(=O)c1ccc(NC(=O)c2ccc(OCCN(C)C)cc2)c2ncccc12.Cl. The molecule has 0 saturated heterocycles. The molecule has 1 heterocycles. The van der Waals surface area contributed by atoms with Gasteiger partial charge < -0.3 is 19.7 Å². The van der Waals surface area contributed by atoms with Gasteiger partial charge in [0.1, 0.15) is 12.4 Å². The highest BCUT2D eigenvalue weighted by molar-refractivity contribution is 6.12. The fraction of sp³-hybridized carbons (Fsp3) is 0.227. The van der Waals surface area contributed by atoms with Crippen molar-refractivity contribution in [2.24, 2.45) is 0 Å². The van der Waals surface area contributed by atoms with E-state index >= 15 is 0 Å². The van der Waals surface area contributed by atoms with Crippen molar-refractivity contribution in [2.45, 2.75) is 0 Å². The topological polar surface area (TPSA) is 80.8 Å². The first-order valence-corrected chi connectivity index (χ1v) is 9.14. The zero-order valence-corrected chi connectivity index (χ0v) is 17.9. The minimum Gasteiger partial charge on any atom is -0.492 e. The van der Waals surface area contributed by atoms with Gasteiger partial charge in [-0.2, -0.15) is 0 Å². The molecule has 0 spiro atoms. The molecule has 0 aliphatic heterocycles. The highest BCUT2D eigenvalue weighted by Gasteiger charge is 2.15. The largest absolute Gasteiger partial charge is 0.492 e. The van der Waals surface area contributed by atoms with Crippen LogP contribution in [0.25, 0.3) is 10.9 Å². The molecule has 7 nitrogen and oxygen atoms in total. The Balaban J connectivity index is 0.00000320. The van der Waals surface area contributed by atoms with Crippen molar-refractivity contribution in [2.75, 3.05) is 39.7 Å². The predicted octanol–water partition coefficient (Wildman–Crippen LogP) is 3.64. The van der Waals surface area contributed by atoms with Gasteiger partial charge in [-0.05, 0) is 56.6 Å². The van der Waals surface area contributed by atoms with Gasteiger partial charge in [0.15, 0.2) is 0 Å². The molecular formula is C22H24ClN3O4. The third kappa shape index (κ3) is 5.46. The standard InChI is InChI=1S/C22H23N3O4.ClH/c1-25(2)13-14-29-16-8-6-15(7-9-16)21(26)24-19-11-10-18(22(27)28-3)17-5-4-12-23-20(17)19;/h4-12H,13-14H2,1-3H3,(H,24,26);1H. The molecule has 0 fully saturated rings. The number of hydrogen-bond donors (Lipinski definition) is 1. The number of fused-ring (bicyclic) bond motifs is 1. The summed E-state index contributed by atoms with van der Waals surface area (Å²) < 4.78 is 10.5. The molecule has 3 aromatic rings. The quantitative estimate of drug-likeness (QED) is 0.577. The fourth-order valence-corrected chi connectivity index (χ4v) is 2.80. The second-order valence-electron chi connectivity index (χ2n) is 6.68. The lowest BCUT2D eigenvalue weighted by Gasteiger charge is -2.12. The van der Waals surface area contributed by atoms with Crippen LogP contribution in [-0.4, -0.2) is 56.1 Å². The van der Waals surface area contributed by atoms with E-state index in [9.17, 15) is 9.59 Å². The van der Waals surface area contributed by atoms with E-state index in [1.54, 1.807) is 54.7 Å². The van der Waals surface area contributed by atoms with Crippen molar-refractivity contribution >= 4 is 40.9 Å². The number of nitrogens with zero attached hydrogens (tertiary/aromatic N) is 2. The molecule has 0 aliphatic carbocycles. The van der Waals surface area contributed by atoms with Crippen molar-refractivity contribution in [1.82, 2.24) is 9.88 Å². The van der Waals surface area contributed by atoms with Crippen LogP contribution in [0.1, 0.15) is 20.7 Å². The number of methoxy groups -OCH3 is 1. The second-order valence-corrected chi connectivity index (χ2v) is 6.68. The summed E-state index contributed by atoms with van der Waals surface area (Å²) in [6.07, 6.45) is 1.61. The number of nitrogens with one attached hydrogen (secondary N) is 1. The number of pyridine rings is 1. The number of hydrogen-bond acceptors (Lipinski definition) is 6. The first-order chi connectivity index (χ1) is 14.0. The molecule has 1 aromatic heterocycles. The Morgan fingerprint density at radius 3 is 2.47 bits per heavy atom. The zero-order valence-electron chi connectivity index (χ0n) is 17.0. The lowest BCUT2D eigenvalue weighted by molar-refractivity contribution is 0.0603. The van der Waals surface area contributed by atoms with Crippen LogP contribution < -0.4 is 10.1 Å². The highest BCUT2D eigenvalue weighted by Crippen LogP contribution is 2.26. The van der Waals surface area contributed by atoms with E-state index in [0.29, 0.717) is 40.1 Å². The van der Waals surface area contributed by atoms with E-state index in [1.165, 1.54) is 7.11 Å². The van der Waals surface area contributed by atoms with Crippen LogP contribution in [-0.2, 0) is 4.74 Å². The number of anilines is 1. The first kappa shape index (κ1) is 23.1. The lowest BCUT2D eigenvalue weighted by atomic mass is 10.1. The Morgan fingerprint density at radius 2 is 1.80 bits per heavy atom. The van der Waals surface area contributed by atoms with Crippen LogP contribution in [0.4, 0.5) is 5.69 Å². The van der Waals surface area contributed by atoms with Crippen LogP contribution >= 0.6 is 12.4 Å². The molecule has 0 atom stereocenters. The second kappa shape index (κ2) is 10.6. The lowest BCUT2D eigenvalue weighted by Crippen LogP contribution is -2.19. The number of likely N-dealkylation sites (N-methyl/N-ethyl adjacent to an activating group) is 1. The number of rotatable bonds is 7. The summed E-state index contributed by atoms with van der Waals surface area (Å²) in [6.45, 7) is 1.38. The Morgan fingerprint density at radius 1 is 1.07 bits per heavy atom. The number of carbonyl (C=O) groups is 2. The van der Waals surface area contributed by atoms with Gasteiger partial charge in [-0.3, -0.25) is 9.78 Å². The number of aromatic nitrogens is 1. The smallest absolute Gasteiger partial charge is 0.338 e. The van der Waals surface area contributed by atoms with Crippen molar-refractivity contribution in [3.63, 3.8) is 0 Å². The average Bonchev–Trinajstić information content (AvgIpc) is 2.73. The molecule has 1 amide bonds. The third-order valence-corrected chi connectivity index (χ3v) is 4.35. The van der Waals surface area contributed by atoms with Gasteiger partial charge in [0.05, 0.1) is 23.9 Å². The van der Waals surface area contributed by atoms with Gasteiger partial charge >= 0.3 is 5.97 Å². The van der Waals surface area contributed by atoms with Gasteiger partial charge in [0.2, 0.25) is 0 Å². The van der Waals surface area contributed by atoms with Crippen LogP contribution in [0.2, 0.25) is 0 Å². The molecule has 0 aliphatic rings. The molecule has 0 radical (unpaired) electrons. The fourth-order valence-electron chi connectivity index (χ4n) is 2.80. The molecule has 3 rings (SSSR count). The van der Waals surface area contributed by atoms with E-state index in [4.69, 9.17) is 9.47 Å². The average molecular weight is 430 g/mol. The number of halogens is 1. The minimum absolute atomic E-state index is 0. The summed E-state index contributed by atoms with van der Waals surface area (Å²) in [5.41, 5.74) is 1.93. The maximum absolute atomic E-state index is 12.7. The molecule has 30 heavy (non-hydrogen) atoms. The summed E-state index contributed by atoms with van der Waals surface area (Å²) in [6, 6.07) is 13.7. The Kier molecular flexibility index (Phi) is 8.15. The molecule has 0 unspecified atom stereocenters. The number of amides is 1. The van der Waals surface area contributed by atoms with Crippen LogP contribution in [0.5, 0.6) is 5.75 Å². The van der Waals surface area contributed by atoms with Crippen molar-refractivity contribution in [3.8, 4) is 5.75 Å². The van der Waals surface area contributed by atoms with Crippen LogP contribution in [0, 0.1) is 0 Å². The Hall–Kier alpha value is -3.16. The number of ether oxygens (including phenoxy) is 2. The maximum Gasteiger partial charge on any atom is 0.338 e. The van der Waals surface area contributed by atoms with Crippen molar-refractivity contribution in [1.29, 1.82) is 0 Å². The van der Waals surface area contributed by atoms with Crippen molar-refractivity contribution in [3.05, 3.63) is 65.9 Å². The summed E-state index contributed by atoms with van der Waals surface area (Å²) in [5, 5.41) is 3.47. The zero-order chi connectivity index (χ0) is 20.8. The maximum atomic E-state index is 12.7. The summed E-state index contributed by atoms with van der Waals surface area (Å²) in [5.74, 6) is -0.0220. The van der Waals surface area contributed by atoms with Gasteiger partial charge in [-0.1, -0.05) is 6.07 Å². The summed E-state index contributed by atoms with van der Waals surface area (Å²) in [7, 11) is 5.29. The Labute approximate surface area is 181 Å². The van der Waals surface area contributed by atoms with Crippen molar-refractivity contribution < 1.29 is 19.1 Å². The van der Waals surface area contributed by atoms with Gasteiger partial charge in [-0.25, -0.2) is 4.79 Å². The molecular weight excluding hydrogens is 406 g/mol. The van der Waals surface area contributed by atoms with E-state index < -0.39 is 5.97 Å². The van der Waals surface area contributed by atoms with Gasteiger partial charge in [-0.15, -0.1) is 12.4 Å². The van der Waals surface area contributed by atoms with Gasteiger partial charge in [0, 0.05) is 23.7 Å². The minimum atomic E-state index is -0.453. The normalized spacial score (nSPS) is 10.4. The van der Waals surface area contributed by atoms with Gasteiger partial charge in [0.25, 0.3) is 5.91 Å². The van der Waals surface area contributed by atoms with E-state index in [2.05, 4.69) is 10.3 Å². The molecule has 2 aromatic carbocycles. The van der Waals surface area contributed by atoms with Crippen LogP contribution in [0.3, 0.4) is 0 Å². The van der Waals surface area contributed by atoms with E-state index in [1.807, 2.05) is 19.0 Å². The van der Waals surface area contributed by atoms with E-state index in [-0.39, 0.29) is 18.3 Å². The number of esters is 1. The Bertz CT molecular complexity index is 1020. The molecule has 0 bridgehead atoms. The number of carbonyl (C=O) groups excluding carboxylic acids is 2. The number of benzene rings is 2.